The molecule has 1 aliphatic rings. The van der Waals surface area contributed by atoms with Crippen molar-refractivity contribution < 1.29 is 4.74 Å². The normalized spacial score (nSPS) is 14.8. The number of nitrogens with zero attached hydrogens (tertiary/aromatic N) is 3. The summed E-state index contributed by atoms with van der Waals surface area (Å²) in [6.45, 7) is 9.20. The molecule has 1 saturated carbocycles. The van der Waals surface area contributed by atoms with E-state index >= 15 is 0 Å². The highest BCUT2D eigenvalue weighted by atomic mass is 16.5. The van der Waals surface area contributed by atoms with Gasteiger partial charge in [-0.25, -0.2) is 4.98 Å². The molecule has 1 fully saturated rings. The van der Waals surface area contributed by atoms with Gasteiger partial charge in [0.15, 0.2) is 5.96 Å². The molecule has 1 heterocycles. The lowest BCUT2D eigenvalue weighted by Crippen LogP contribution is -2.39. The number of nitrogens with one attached hydrogen (secondary N) is 2. The molecule has 6 nitrogen and oxygen atoms in total. The first-order valence-corrected chi connectivity index (χ1v) is 9.79. The van der Waals surface area contributed by atoms with Gasteiger partial charge in [0.05, 0.1) is 11.0 Å². The molecule has 6 heteroatoms. The Bertz CT molecular complexity index is 720. The lowest BCUT2D eigenvalue weighted by Gasteiger charge is -2.13. The first-order valence-electron chi connectivity index (χ1n) is 9.79. The lowest BCUT2D eigenvalue weighted by molar-refractivity contribution is 0.123. The number of para-hydroxylation sites is 2. The second kappa shape index (κ2) is 9.57. The van der Waals surface area contributed by atoms with Gasteiger partial charge < -0.3 is 19.9 Å². The molecule has 2 aromatic rings. The maximum absolute atomic E-state index is 5.66. The van der Waals surface area contributed by atoms with Crippen LogP contribution in [0.25, 0.3) is 11.0 Å². The predicted molar refractivity (Wildman–Crippen MR) is 107 cm³/mol. The van der Waals surface area contributed by atoms with Crippen LogP contribution in [0.1, 0.15) is 32.0 Å². The largest absolute Gasteiger partial charge is 0.381 e. The highest BCUT2D eigenvalue weighted by Gasteiger charge is 2.20. The molecule has 0 saturated heterocycles. The fourth-order valence-corrected chi connectivity index (χ4v) is 3.00. The molecule has 0 radical (unpaired) electrons. The fourth-order valence-electron chi connectivity index (χ4n) is 3.00. The minimum Gasteiger partial charge on any atom is -0.381 e. The molecule has 1 aromatic heterocycles. The van der Waals surface area contributed by atoms with E-state index in [2.05, 4.69) is 57.2 Å². The molecule has 0 spiro atoms. The van der Waals surface area contributed by atoms with Gasteiger partial charge in [-0.1, -0.05) is 12.1 Å². The van der Waals surface area contributed by atoms with Gasteiger partial charge in [-0.2, -0.15) is 0 Å². The summed E-state index contributed by atoms with van der Waals surface area (Å²) in [5.41, 5.74) is 2.23. The van der Waals surface area contributed by atoms with Crippen LogP contribution in [0.15, 0.2) is 29.3 Å². The van der Waals surface area contributed by atoms with Crippen molar-refractivity contribution >= 4 is 17.0 Å². The van der Waals surface area contributed by atoms with Gasteiger partial charge >= 0.3 is 0 Å². The Morgan fingerprint density at radius 2 is 2.15 bits per heavy atom. The monoisotopic (exact) mass is 357 g/mol. The van der Waals surface area contributed by atoms with Crippen LogP contribution in [0.2, 0.25) is 0 Å². The van der Waals surface area contributed by atoms with Gasteiger partial charge in [-0.05, 0) is 51.2 Å². The number of imidazole rings is 1. The number of hydrogen-bond donors (Lipinski definition) is 2. The first-order chi connectivity index (χ1) is 12.8. The molecule has 0 unspecified atom stereocenters. The van der Waals surface area contributed by atoms with E-state index in [0.717, 1.165) is 69.0 Å². The van der Waals surface area contributed by atoms with Gasteiger partial charge in [0, 0.05) is 39.4 Å². The van der Waals surface area contributed by atoms with E-state index < -0.39 is 0 Å². The van der Waals surface area contributed by atoms with Crippen molar-refractivity contribution in [2.45, 2.75) is 39.7 Å². The maximum atomic E-state index is 5.66. The van der Waals surface area contributed by atoms with Crippen LogP contribution in [0.4, 0.5) is 0 Å². The van der Waals surface area contributed by atoms with Crippen molar-refractivity contribution in [1.82, 2.24) is 20.2 Å². The van der Waals surface area contributed by atoms with E-state index in [1.54, 1.807) is 0 Å². The number of guanidine groups is 1. The fraction of sp³-hybridized carbons (Fsp3) is 0.600. The van der Waals surface area contributed by atoms with Crippen LogP contribution >= 0.6 is 0 Å². The summed E-state index contributed by atoms with van der Waals surface area (Å²) in [4.78, 5) is 9.26. The van der Waals surface area contributed by atoms with Crippen molar-refractivity contribution in [2.75, 3.05) is 32.8 Å². The molecule has 0 bridgehead atoms. The average Bonchev–Trinajstić information content (AvgIpc) is 3.41. The third kappa shape index (κ3) is 5.46. The number of fused-ring (bicyclic) bond motifs is 1. The van der Waals surface area contributed by atoms with Gasteiger partial charge in [-0.3, -0.25) is 4.99 Å². The molecule has 0 aliphatic heterocycles. The van der Waals surface area contributed by atoms with Gasteiger partial charge in [0.1, 0.15) is 5.82 Å². The molecular formula is C20H31N5O. The minimum atomic E-state index is 0.785. The zero-order valence-electron chi connectivity index (χ0n) is 16.0. The summed E-state index contributed by atoms with van der Waals surface area (Å²) in [7, 11) is 0. The number of hydrogen-bond acceptors (Lipinski definition) is 3. The summed E-state index contributed by atoms with van der Waals surface area (Å²) in [5, 5.41) is 6.73. The summed E-state index contributed by atoms with van der Waals surface area (Å²) in [5.74, 6) is 2.75. The number of rotatable bonds is 10. The Labute approximate surface area is 156 Å². The number of aromatic nitrogens is 2. The topological polar surface area (TPSA) is 63.5 Å². The number of benzene rings is 1. The third-order valence-electron chi connectivity index (χ3n) is 4.58. The molecule has 1 aromatic carbocycles. The Morgan fingerprint density at radius 3 is 2.96 bits per heavy atom. The van der Waals surface area contributed by atoms with Crippen LogP contribution in [0, 0.1) is 12.8 Å². The molecule has 0 amide bonds. The second-order valence-electron chi connectivity index (χ2n) is 6.86. The van der Waals surface area contributed by atoms with Crippen molar-refractivity contribution in [3.63, 3.8) is 0 Å². The van der Waals surface area contributed by atoms with Crippen LogP contribution in [0.5, 0.6) is 0 Å². The van der Waals surface area contributed by atoms with E-state index in [1.165, 1.54) is 18.4 Å². The third-order valence-corrected chi connectivity index (χ3v) is 4.58. The van der Waals surface area contributed by atoms with Crippen molar-refractivity contribution in [3.8, 4) is 0 Å². The smallest absolute Gasteiger partial charge is 0.191 e. The zero-order chi connectivity index (χ0) is 18.2. The van der Waals surface area contributed by atoms with E-state index in [4.69, 9.17) is 4.74 Å². The van der Waals surface area contributed by atoms with Gasteiger partial charge in [0.2, 0.25) is 0 Å². The molecule has 1 aliphatic carbocycles. The van der Waals surface area contributed by atoms with Gasteiger partial charge in [0.25, 0.3) is 0 Å². The molecule has 3 rings (SSSR count). The zero-order valence-corrected chi connectivity index (χ0v) is 16.0. The molecule has 0 atom stereocenters. The van der Waals surface area contributed by atoms with Crippen molar-refractivity contribution in [3.05, 3.63) is 30.1 Å². The summed E-state index contributed by atoms with van der Waals surface area (Å²) < 4.78 is 7.91. The maximum Gasteiger partial charge on any atom is 0.191 e. The van der Waals surface area contributed by atoms with Crippen LogP contribution in [-0.4, -0.2) is 48.4 Å². The van der Waals surface area contributed by atoms with Crippen molar-refractivity contribution in [1.29, 1.82) is 0 Å². The van der Waals surface area contributed by atoms with E-state index in [1.807, 2.05) is 6.07 Å². The van der Waals surface area contributed by atoms with Crippen molar-refractivity contribution in [2.24, 2.45) is 10.9 Å². The average molecular weight is 358 g/mol. The molecule has 142 valence electrons. The lowest BCUT2D eigenvalue weighted by atomic mass is 10.3. The standard InChI is InChI=1S/C20H31N5O/c1-3-21-20(22-11-6-14-26-15-17-9-10-17)23-12-13-25-16(2)24-18-7-4-5-8-19(18)25/h4-5,7-8,17H,3,6,9-15H2,1-2H3,(H2,21,22,23). The van der Waals surface area contributed by atoms with E-state index in [9.17, 15) is 0 Å². The summed E-state index contributed by atoms with van der Waals surface area (Å²) >= 11 is 0. The van der Waals surface area contributed by atoms with Gasteiger partial charge in [-0.15, -0.1) is 0 Å². The minimum absolute atomic E-state index is 0.785. The molecule has 2 N–H and O–H groups in total. The van der Waals surface area contributed by atoms with Crippen LogP contribution < -0.4 is 10.6 Å². The molecule has 26 heavy (non-hydrogen) atoms. The Morgan fingerprint density at radius 1 is 1.31 bits per heavy atom. The van der Waals surface area contributed by atoms with Crippen LogP contribution in [-0.2, 0) is 11.3 Å². The summed E-state index contributed by atoms with van der Waals surface area (Å²) in [6, 6.07) is 8.27. The highest BCUT2D eigenvalue weighted by Crippen LogP contribution is 2.28. The second-order valence-corrected chi connectivity index (χ2v) is 6.86. The van der Waals surface area contributed by atoms with E-state index in [-0.39, 0.29) is 0 Å². The molecular weight excluding hydrogens is 326 g/mol. The first kappa shape index (κ1) is 18.7. The number of aryl methyl sites for hydroxylation is 1. The SMILES string of the molecule is CCNC(=NCCCOCC1CC1)NCCn1c(C)nc2ccccc21. The Kier molecular flexibility index (Phi) is 6.89. The van der Waals surface area contributed by atoms with Crippen LogP contribution in [0.3, 0.4) is 0 Å². The Balaban J connectivity index is 1.43. The number of aliphatic imine (C=N–C) groups is 1. The Hall–Kier alpha value is -2.08. The highest BCUT2D eigenvalue weighted by molar-refractivity contribution is 5.79. The quantitative estimate of drug-likeness (QED) is 0.390. The number of ether oxygens (including phenoxy) is 1. The predicted octanol–water partition coefficient (Wildman–Crippen LogP) is 2.72. The van der Waals surface area contributed by atoms with E-state index in [0.29, 0.717) is 0 Å². The summed E-state index contributed by atoms with van der Waals surface area (Å²) in [6.07, 6.45) is 3.66.